The lowest BCUT2D eigenvalue weighted by Gasteiger charge is -2.04. The van der Waals surface area contributed by atoms with Crippen LogP contribution in [0.1, 0.15) is 18.3 Å². The Labute approximate surface area is 92.9 Å². The summed E-state index contributed by atoms with van der Waals surface area (Å²) in [6.07, 6.45) is -0.514. The quantitative estimate of drug-likeness (QED) is 0.457. The molecule has 0 saturated heterocycles. The highest BCUT2D eigenvalue weighted by Gasteiger charge is 2.03. The van der Waals surface area contributed by atoms with Crippen LogP contribution in [0.15, 0.2) is 23.4 Å². The van der Waals surface area contributed by atoms with E-state index in [1.807, 2.05) is 0 Å². The van der Waals surface area contributed by atoms with Crippen LogP contribution in [0.3, 0.4) is 0 Å². The second-order valence-corrected chi connectivity index (χ2v) is 3.04. The first-order valence-electron chi connectivity index (χ1n) is 4.64. The van der Waals surface area contributed by atoms with Gasteiger partial charge in [0.2, 0.25) is 0 Å². The SMILES string of the molecule is COC(=O)NCc1cccc(C(C)=NO)n1. The Morgan fingerprint density at radius 2 is 2.38 bits per heavy atom. The van der Waals surface area contributed by atoms with Gasteiger partial charge in [-0.15, -0.1) is 0 Å². The number of aromatic nitrogens is 1. The largest absolute Gasteiger partial charge is 0.453 e. The van der Waals surface area contributed by atoms with Gasteiger partial charge in [-0.2, -0.15) is 0 Å². The molecule has 2 N–H and O–H groups in total. The van der Waals surface area contributed by atoms with Gasteiger partial charge in [-0.1, -0.05) is 11.2 Å². The van der Waals surface area contributed by atoms with Gasteiger partial charge in [-0.3, -0.25) is 0 Å². The molecule has 1 aromatic rings. The molecule has 1 amide bonds. The summed E-state index contributed by atoms with van der Waals surface area (Å²) in [5, 5.41) is 14.2. The molecule has 0 aromatic carbocycles. The molecule has 0 fully saturated rings. The fraction of sp³-hybridized carbons (Fsp3) is 0.300. The van der Waals surface area contributed by atoms with E-state index >= 15 is 0 Å². The summed E-state index contributed by atoms with van der Waals surface area (Å²) in [5.74, 6) is 0. The van der Waals surface area contributed by atoms with Crippen molar-refractivity contribution in [3.8, 4) is 0 Å². The number of carbonyl (C=O) groups is 1. The van der Waals surface area contributed by atoms with Crippen LogP contribution in [-0.2, 0) is 11.3 Å². The maximum absolute atomic E-state index is 10.8. The molecule has 6 nitrogen and oxygen atoms in total. The fourth-order valence-corrected chi connectivity index (χ4v) is 1.07. The van der Waals surface area contributed by atoms with Crippen molar-refractivity contribution in [2.45, 2.75) is 13.5 Å². The number of hydrogen-bond donors (Lipinski definition) is 2. The number of carbonyl (C=O) groups excluding carboxylic acids is 1. The van der Waals surface area contributed by atoms with Crippen molar-refractivity contribution in [1.29, 1.82) is 0 Å². The minimum atomic E-state index is -0.514. The van der Waals surface area contributed by atoms with Gasteiger partial charge < -0.3 is 15.3 Å². The van der Waals surface area contributed by atoms with Gasteiger partial charge in [0, 0.05) is 0 Å². The molecule has 0 unspecified atom stereocenters. The normalized spacial score (nSPS) is 11.0. The first-order valence-corrected chi connectivity index (χ1v) is 4.64. The summed E-state index contributed by atoms with van der Waals surface area (Å²) in [5.41, 5.74) is 1.64. The minimum absolute atomic E-state index is 0.263. The topological polar surface area (TPSA) is 83.8 Å². The molecule has 0 spiro atoms. The van der Waals surface area contributed by atoms with Gasteiger partial charge >= 0.3 is 6.09 Å². The number of amides is 1. The van der Waals surface area contributed by atoms with E-state index in [0.717, 1.165) is 0 Å². The summed E-state index contributed by atoms with van der Waals surface area (Å²) in [6.45, 7) is 1.90. The first-order chi connectivity index (χ1) is 7.67. The summed E-state index contributed by atoms with van der Waals surface area (Å²) in [4.78, 5) is 15.0. The van der Waals surface area contributed by atoms with Crippen LogP contribution in [0.5, 0.6) is 0 Å². The number of rotatable bonds is 3. The lowest BCUT2D eigenvalue weighted by Crippen LogP contribution is -2.23. The fourth-order valence-electron chi connectivity index (χ4n) is 1.07. The molecule has 6 heteroatoms. The summed E-state index contributed by atoms with van der Waals surface area (Å²) >= 11 is 0. The number of pyridine rings is 1. The van der Waals surface area contributed by atoms with Crippen LogP contribution in [0.2, 0.25) is 0 Å². The second kappa shape index (κ2) is 5.69. The Morgan fingerprint density at radius 1 is 1.62 bits per heavy atom. The molecule has 1 rings (SSSR count). The van der Waals surface area contributed by atoms with Crippen molar-refractivity contribution in [2.24, 2.45) is 5.16 Å². The Bertz CT molecular complexity index is 404. The second-order valence-electron chi connectivity index (χ2n) is 3.04. The zero-order valence-electron chi connectivity index (χ0n) is 9.10. The van der Waals surface area contributed by atoms with E-state index < -0.39 is 6.09 Å². The van der Waals surface area contributed by atoms with Crippen molar-refractivity contribution in [3.63, 3.8) is 0 Å². The van der Waals surface area contributed by atoms with Crippen molar-refractivity contribution < 1.29 is 14.7 Å². The van der Waals surface area contributed by atoms with Gasteiger partial charge in [0.25, 0.3) is 0 Å². The highest BCUT2D eigenvalue weighted by Crippen LogP contribution is 2.01. The zero-order valence-corrected chi connectivity index (χ0v) is 9.10. The number of ether oxygens (including phenoxy) is 1. The smallest absolute Gasteiger partial charge is 0.407 e. The van der Waals surface area contributed by atoms with Crippen molar-refractivity contribution >= 4 is 11.8 Å². The maximum atomic E-state index is 10.8. The maximum Gasteiger partial charge on any atom is 0.407 e. The Balaban J connectivity index is 2.71. The third kappa shape index (κ3) is 3.23. The zero-order chi connectivity index (χ0) is 12.0. The van der Waals surface area contributed by atoms with Gasteiger partial charge in [0.1, 0.15) is 5.71 Å². The van der Waals surface area contributed by atoms with Crippen LogP contribution >= 0.6 is 0 Å². The van der Waals surface area contributed by atoms with Crippen molar-refractivity contribution in [1.82, 2.24) is 10.3 Å². The van der Waals surface area contributed by atoms with E-state index in [-0.39, 0.29) is 6.54 Å². The van der Waals surface area contributed by atoms with Crippen LogP contribution in [0.4, 0.5) is 4.79 Å². The van der Waals surface area contributed by atoms with Crippen LogP contribution < -0.4 is 5.32 Å². The summed E-state index contributed by atoms with van der Waals surface area (Å²) in [7, 11) is 1.29. The molecule has 1 aromatic heterocycles. The molecule has 0 atom stereocenters. The molecule has 0 saturated carbocycles. The highest BCUT2D eigenvalue weighted by molar-refractivity contribution is 5.96. The Morgan fingerprint density at radius 3 is 3.00 bits per heavy atom. The average Bonchev–Trinajstić information content (AvgIpc) is 2.35. The number of hydrogen-bond acceptors (Lipinski definition) is 5. The van der Waals surface area contributed by atoms with E-state index in [4.69, 9.17) is 5.21 Å². The van der Waals surface area contributed by atoms with E-state index in [0.29, 0.717) is 17.1 Å². The number of oxime groups is 1. The number of alkyl carbamates (subject to hydrolysis) is 1. The van der Waals surface area contributed by atoms with Gasteiger partial charge in [0.05, 0.1) is 25.0 Å². The Hall–Kier alpha value is -2.11. The summed E-state index contributed by atoms with van der Waals surface area (Å²) in [6, 6.07) is 5.24. The summed E-state index contributed by atoms with van der Waals surface area (Å²) < 4.78 is 4.43. The molecule has 0 radical (unpaired) electrons. The van der Waals surface area contributed by atoms with Gasteiger partial charge in [-0.05, 0) is 19.1 Å². The van der Waals surface area contributed by atoms with E-state index in [1.165, 1.54) is 7.11 Å². The number of methoxy groups -OCH3 is 1. The van der Waals surface area contributed by atoms with Crippen LogP contribution in [0, 0.1) is 0 Å². The lowest BCUT2D eigenvalue weighted by molar-refractivity contribution is 0.170. The minimum Gasteiger partial charge on any atom is -0.453 e. The van der Waals surface area contributed by atoms with Crippen molar-refractivity contribution in [3.05, 3.63) is 29.6 Å². The van der Waals surface area contributed by atoms with Gasteiger partial charge in [-0.25, -0.2) is 9.78 Å². The van der Waals surface area contributed by atoms with Crippen LogP contribution in [-0.4, -0.2) is 29.1 Å². The van der Waals surface area contributed by atoms with E-state index in [2.05, 4.69) is 20.2 Å². The number of nitrogens with one attached hydrogen (secondary N) is 1. The lowest BCUT2D eigenvalue weighted by atomic mass is 10.2. The molecular weight excluding hydrogens is 210 g/mol. The Kier molecular flexibility index (Phi) is 4.26. The van der Waals surface area contributed by atoms with Crippen molar-refractivity contribution in [2.75, 3.05) is 7.11 Å². The number of nitrogens with zero attached hydrogens (tertiary/aromatic N) is 2. The molecule has 86 valence electrons. The van der Waals surface area contributed by atoms with E-state index in [1.54, 1.807) is 25.1 Å². The average molecular weight is 223 g/mol. The van der Waals surface area contributed by atoms with E-state index in [9.17, 15) is 4.79 Å². The standard InChI is InChI=1S/C10H13N3O3/c1-7(13-15)9-5-3-4-8(12-9)6-11-10(14)16-2/h3-5,15H,6H2,1-2H3,(H,11,14). The highest BCUT2D eigenvalue weighted by atomic mass is 16.5. The predicted octanol–water partition coefficient (Wildman–Crippen LogP) is 1.14. The van der Waals surface area contributed by atoms with Gasteiger partial charge in [0.15, 0.2) is 0 Å². The molecule has 16 heavy (non-hydrogen) atoms. The van der Waals surface area contributed by atoms with Crippen LogP contribution in [0.25, 0.3) is 0 Å². The first kappa shape index (κ1) is 12.0. The molecule has 0 bridgehead atoms. The molecule has 0 aliphatic carbocycles. The molecule has 0 aliphatic rings. The predicted molar refractivity (Wildman–Crippen MR) is 57.5 cm³/mol. The third-order valence-electron chi connectivity index (χ3n) is 1.93. The molecular formula is C10H13N3O3. The monoisotopic (exact) mass is 223 g/mol. The third-order valence-corrected chi connectivity index (χ3v) is 1.93. The molecule has 0 aliphatic heterocycles. The molecule has 1 heterocycles.